The van der Waals surface area contributed by atoms with Gasteiger partial charge in [0.1, 0.15) is 5.82 Å². The van der Waals surface area contributed by atoms with Crippen LogP contribution in [0.2, 0.25) is 5.02 Å². The maximum Gasteiger partial charge on any atom is 0.255 e. The predicted molar refractivity (Wildman–Crippen MR) is 92.3 cm³/mol. The third-order valence-electron chi connectivity index (χ3n) is 3.77. The Morgan fingerprint density at radius 2 is 2.17 bits per heavy atom. The molecule has 1 amide bonds. The first-order valence-electron chi connectivity index (χ1n) is 7.82. The van der Waals surface area contributed by atoms with Gasteiger partial charge in [-0.3, -0.25) is 9.78 Å². The normalized spacial score (nSPS) is 14.5. The second-order valence-electron chi connectivity index (χ2n) is 5.58. The first-order valence-corrected chi connectivity index (χ1v) is 8.20. The number of rotatable bonds is 4. The maximum atomic E-state index is 12.4. The number of pyridine rings is 2. The van der Waals surface area contributed by atoms with Crippen molar-refractivity contribution in [1.82, 2.24) is 14.9 Å². The van der Waals surface area contributed by atoms with Crippen LogP contribution < -0.4 is 5.32 Å². The summed E-state index contributed by atoms with van der Waals surface area (Å²) in [7, 11) is 0. The molecule has 0 bridgehead atoms. The zero-order valence-electron chi connectivity index (χ0n) is 13.5. The Labute approximate surface area is 145 Å². The van der Waals surface area contributed by atoms with Crippen molar-refractivity contribution in [2.45, 2.75) is 13.5 Å². The lowest BCUT2D eigenvalue weighted by Gasteiger charge is -2.26. The molecule has 126 valence electrons. The average molecular weight is 347 g/mol. The van der Waals surface area contributed by atoms with Crippen LogP contribution in [0.15, 0.2) is 30.5 Å². The van der Waals surface area contributed by atoms with E-state index < -0.39 is 0 Å². The van der Waals surface area contributed by atoms with Gasteiger partial charge in [0, 0.05) is 25.0 Å². The van der Waals surface area contributed by atoms with Gasteiger partial charge in [-0.15, -0.1) is 0 Å². The molecule has 0 spiro atoms. The Kier molecular flexibility index (Phi) is 5.27. The van der Waals surface area contributed by atoms with Crippen LogP contribution in [0.5, 0.6) is 0 Å². The summed E-state index contributed by atoms with van der Waals surface area (Å²) in [6.45, 7) is 4.78. The van der Waals surface area contributed by atoms with Crippen LogP contribution in [0, 0.1) is 6.92 Å². The van der Waals surface area contributed by atoms with Gasteiger partial charge in [-0.25, -0.2) is 4.98 Å². The Morgan fingerprint density at radius 3 is 2.88 bits per heavy atom. The van der Waals surface area contributed by atoms with E-state index in [1.807, 2.05) is 25.1 Å². The highest BCUT2D eigenvalue weighted by molar-refractivity contribution is 6.33. The van der Waals surface area contributed by atoms with Crippen molar-refractivity contribution in [3.05, 3.63) is 52.4 Å². The van der Waals surface area contributed by atoms with E-state index in [4.69, 9.17) is 16.3 Å². The first kappa shape index (κ1) is 16.7. The van der Waals surface area contributed by atoms with E-state index >= 15 is 0 Å². The van der Waals surface area contributed by atoms with Crippen LogP contribution in [0.3, 0.4) is 0 Å². The standard InChI is InChI=1S/C17H19ClN4O2/c1-12-3-2-4-14(21-12)11-20-16-15(18)9-13(10-19-16)17(23)22-5-7-24-8-6-22/h2-4,9-10H,5-8,11H2,1H3,(H,19,20). The van der Waals surface area contributed by atoms with Crippen LogP contribution in [0.1, 0.15) is 21.7 Å². The number of nitrogens with zero attached hydrogens (tertiary/aromatic N) is 3. The molecule has 0 atom stereocenters. The van der Waals surface area contributed by atoms with Gasteiger partial charge in [0.05, 0.1) is 36.0 Å². The summed E-state index contributed by atoms with van der Waals surface area (Å²) in [4.78, 5) is 22.9. The number of carbonyl (C=O) groups is 1. The molecule has 3 heterocycles. The zero-order chi connectivity index (χ0) is 16.9. The van der Waals surface area contributed by atoms with Crippen molar-refractivity contribution >= 4 is 23.3 Å². The first-order chi connectivity index (χ1) is 11.6. The summed E-state index contributed by atoms with van der Waals surface area (Å²) in [5, 5.41) is 3.57. The minimum Gasteiger partial charge on any atom is -0.378 e. The second kappa shape index (κ2) is 7.59. The number of hydrogen-bond donors (Lipinski definition) is 1. The number of hydrogen-bond acceptors (Lipinski definition) is 5. The molecule has 1 N–H and O–H groups in total. The largest absolute Gasteiger partial charge is 0.378 e. The number of aryl methyl sites for hydroxylation is 1. The number of carbonyl (C=O) groups excluding carboxylic acids is 1. The quantitative estimate of drug-likeness (QED) is 0.921. The fraction of sp³-hybridized carbons (Fsp3) is 0.353. The summed E-state index contributed by atoms with van der Waals surface area (Å²) in [6, 6.07) is 7.49. The molecule has 1 aliphatic rings. The van der Waals surface area contributed by atoms with E-state index in [0.29, 0.717) is 49.3 Å². The van der Waals surface area contributed by atoms with Gasteiger partial charge >= 0.3 is 0 Å². The van der Waals surface area contributed by atoms with Crippen molar-refractivity contribution < 1.29 is 9.53 Å². The third-order valence-corrected chi connectivity index (χ3v) is 4.06. The minimum atomic E-state index is -0.0698. The van der Waals surface area contributed by atoms with Gasteiger partial charge in [0.25, 0.3) is 5.91 Å². The highest BCUT2D eigenvalue weighted by Crippen LogP contribution is 2.21. The van der Waals surface area contributed by atoms with E-state index in [-0.39, 0.29) is 5.91 Å². The smallest absolute Gasteiger partial charge is 0.255 e. The lowest BCUT2D eigenvalue weighted by Crippen LogP contribution is -2.40. The lowest BCUT2D eigenvalue weighted by atomic mass is 10.2. The zero-order valence-corrected chi connectivity index (χ0v) is 14.2. The average Bonchev–Trinajstić information content (AvgIpc) is 2.61. The Bertz CT molecular complexity index is 732. The topological polar surface area (TPSA) is 67.4 Å². The molecular formula is C17H19ClN4O2. The fourth-order valence-corrected chi connectivity index (χ4v) is 2.74. The minimum absolute atomic E-state index is 0.0698. The van der Waals surface area contributed by atoms with Crippen LogP contribution in [-0.2, 0) is 11.3 Å². The number of anilines is 1. The van der Waals surface area contributed by atoms with Crippen molar-refractivity contribution in [3.63, 3.8) is 0 Å². The number of ether oxygens (including phenoxy) is 1. The van der Waals surface area contributed by atoms with Crippen LogP contribution in [0.4, 0.5) is 5.82 Å². The molecule has 6 nitrogen and oxygen atoms in total. The van der Waals surface area contributed by atoms with Crippen molar-refractivity contribution in [2.24, 2.45) is 0 Å². The summed E-state index contributed by atoms with van der Waals surface area (Å²) in [5.41, 5.74) is 2.35. The summed E-state index contributed by atoms with van der Waals surface area (Å²) in [5.74, 6) is 0.470. The van der Waals surface area contributed by atoms with E-state index in [2.05, 4.69) is 15.3 Å². The molecule has 7 heteroatoms. The van der Waals surface area contributed by atoms with E-state index in [0.717, 1.165) is 11.4 Å². The van der Waals surface area contributed by atoms with Gasteiger partial charge in [0.2, 0.25) is 0 Å². The van der Waals surface area contributed by atoms with E-state index in [1.54, 1.807) is 17.2 Å². The number of amides is 1. The van der Waals surface area contributed by atoms with Crippen LogP contribution in [-0.4, -0.2) is 47.1 Å². The van der Waals surface area contributed by atoms with Gasteiger partial charge in [0.15, 0.2) is 0 Å². The van der Waals surface area contributed by atoms with Gasteiger partial charge in [-0.1, -0.05) is 17.7 Å². The van der Waals surface area contributed by atoms with E-state index in [1.165, 1.54) is 0 Å². The highest BCUT2D eigenvalue weighted by atomic mass is 35.5. The summed E-state index contributed by atoms with van der Waals surface area (Å²) >= 11 is 6.27. The highest BCUT2D eigenvalue weighted by Gasteiger charge is 2.19. The maximum absolute atomic E-state index is 12.4. The van der Waals surface area contributed by atoms with Crippen LogP contribution >= 0.6 is 11.6 Å². The lowest BCUT2D eigenvalue weighted by molar-refractivity contribution is 0.0302. The Morgan fingerprint density at radius 1 is 1.38 bits per heavy atom. The number of nitrogens with one attached hydrogen (secondary N) is 1. The predicted octanol–water partition coefficient (Wildman–Crippen LogP) is 2.52. The summed E-state index contributed by atoms with van der Waals surface area (Å²) < 4.78 is 5.26. The molecule has 0 aliphatic carbocycles. The Hall–Kier alpha value is -2.18. The molecule has 2 aromatic rings. The van der Waals surface area contributed by atoms with E-state index in [9.17, 15) is 4.79 Å². The molecule has 3 rings (SSSR count). The molecule has 1 saturated heterocycles. The summed E-state index contributed by atoms with van der Waals surface area (Å²) in [6.07, 6.45) is 1.55. The Balaban J connectivity index is 1.67. The molecule has 0 aromatic carbocycles. The number of morpholine rings is 1. The molecule has 0 radical (unpaired) electrons. The fourth-order valence-electron chi connectivity index (χ4n) is 2.51. The van der Waals surface area contributed by atoms with Crippen molar-refractivity contribution in [1.29, 1.82) is 0 Å². The van der Waals surface area contributed by atoms with Crippen LogP contribution in [0.25, 0.3) is 0 Å². The molecule has 1 fully saturated rings. The monoisotopic (exact) mass is 346 g/mol. The van der Waals surface area contributed by atoms with Gasteiger partial charge in [-0.05, 0) is 25.1 Å². The molecule has 0 unspecified atom stereocenters. The van der Waals surface area contributed by atoms with Gasteiger partial charge in [-0.2, -0.15) is 0 Å². The number of halogens is 1. The van der Waals surface area contributed by atoms with Crippen molar-refractivity contribution in [3.8, 4) is 0 Å². The molecular weight excluding hydrogens is 328 g/mol. The molecule has 2 aromatic heterocycles. The third kappa shape index (κ3) is 4.01. The molecule has 0 saturated carbocycles. The van der Waals surface area contributed by atoms with Gasteiger partial charge < -0.3 is 15.0 Å². The molecule has 24 heavy (non-hydrogen) atoms. The number of aromatic nitrogens is 2. The molecule has 1 aliphatic heterocycles. The SMILES string of the molecule is Cc1cccc(CNc2ncc(C(=O)N3CCOCC3)cc2Cl)n1. The second-order valence-corrected chi connectivity index (χ2v) is 5.99. The van der Waals surface area contributed by atoms with Crippen molar-refractivity contribution in [2.75, 3.05) is 31.6 Å².